The van der Waals surface area contributed by atoms with Crippen LogP contribution in [0.4, 0.5) is 0 Å². The average molecular weight is 261 g/mol. The smallest absolute Gasteiger partial charge is 0.0605 e. The van der Waals surface area contributed by atoms with Crippen molar-refractivity contribution in [3.05, 3.63) is 29.6 Å². The summed E-state index contributed by atoms with van der Waals surface area (Å²) in [5.41, 5.74) is 2.70. The maximum absolute atomic E-state index is 5.36. The highest BCUT2D eigenvalue weighted by atomic mass is 16.5. The first-order valence-electron chi connectivity index (χ1n) is 7.41. The fraction of sp³-hybridized carbons (Fsp3) is 0.667. The summed E-state index contributed by atoms with van der Waals surface area (Å²) in [6.07, 6.45) is 5.49. The number of nitrogens with one attached hydrogen (secondary N) is 1. The van der Waals surface area contributed by atoms with Crippen molar-refractivity contribution in [1.82, 2.24) is 15.2 Å². The van der Waals surface area contributed by atoms with Gasteiger partial charge in [0.15, 0.2) is 0 Å². The van der Waals surface area contributed by atoms with Gasteiger partial charge in [0, 0.05) is 19.3 Å². The lowest BCUT2D eigenvalue weighted by molar-refractivity contribution is 0.0374. The summed E-state index contributed by atoms with van der Waals surface area (Å²) in [4.78, 5) is 7.01. The Morgan fingerprint density at radius 1 is 1.37 bits per heavy atom. The van der Waals surface area contributed by atoms with Crippen LogP contribution in [-0.2, 0) is 11.2 Å². The third-order valence-electron chi connectivity index (χ3n) is 4.10. The Kier molecular flexibility index (Phi) is 4.43. The van der Waals surface area contributed by atoms with Gasteiger partial charge in [0.25, 0.3) is 0 Å². The van der Waals surface area contributed by atoms with Crippen molar-refractivity contribution in [3.63, 3.8) is 0 Å². The minimum absolute atomic E-state index is 0.473. The van der Waals surface area contributed by atoms with E-state index in [2.05, 4.69) is 21.3 Å². The topological polar surface area (TPSA) is 37.4 Å². The minimum atomic E-state index is 0.473. The molecule has 19 heavy (non-hydrogen) atoms. The Morgan fingerprint density at radius 3 is 3.16 bits per heavy atom. The zero-order chi connectivity index (χ0) is 12.9. The van der Waals surface area contributed by atoms with Gasteiger partial charge < -0.3 is 10.1 Å². The van der Waals surface area contributed by atoms with Crippen LogP contribution in [0.5, 0.6) is 0 Å². The summed E-state index contributed by atoms with van der Waals surface area (Å²) >= 11 is 0. The van der Waals surface area contributed by atoms with Crippen LogP contribution in [-0.4, -0.2) is 49.3 Å². The van der Waals surface area contributed by atoms with E-state index in [1.165, 1.54) is 37.1 Å². The molecule has 1 N–H and O–H groups in total. The highest BCUT2D eigenvalue weighted by Gasteiger charge is 2.22. The number of rotatable bonds is 5. The first-order chi connectivity index (χ1) is 9.43. The maximum atomic E-state index is 5.36. The normalized spacial score (nSPS) is 23.5. The van der Waals surface area contributed by atoms with Crippen LogP contribution in [0.25, 0.3) is 0 Å². The quantitative estimate of drug-likeness (QED) is 0.813. The number of hydrogen-bond donors (Lipinski definition) is 1. The maximum Gasteiger partial charge on any atom is 0.0605 e. The molecule has 1 aromatic heterocycles. The molecule has 1 atom stereocenters. The van der Waals surface area contributed by atoms with E-state index in [0.717, 1.165) is 32.8 Å². The molecule has 1 unspecified atom stereocenters. The number of nitrogens with zero attached hydrogens (tertiary/aromatic N) is 2. The number of aryl methyl sites for hydroxylation is 1. The van der Waals surface area contributed by atoms with Crippen molar-refractivity contribution in [2.24, 2.45) is 0 Å². The number of hydrogen-bond acceptors (Lipinski definition) is 4. The molecule has 2 heterocycles. The van der Waals surface area contributed by atoms with Crippen LogP contribution < -0.4 is 5.32 Å². The van der Waals surface area contributed by atoms with Gasteiger partial charge in [-0.05, 0) is 44.0 Å². The van der Waals surface area contributed by atoms with E-state index in [9.17, 15) is 0 Å². The summed E-state index contributed by atoms with van der Waals surface area (Å²) in [5.74, 6) is 0. The number of aromatic nitrogens is 1. The summed E-state index contributed by atoms with van der Waals surface area (Å²) < 4.78 is 5.36. The average Bonchev–Trinajstić information content (AvgIpc) is 2.88. The largest absolute Gasteiger partial charge is 0.379 e. The number of ether oxygens (including phenoxy) is 1. The van der Waals surface area contributed by atoms with Crippen molar-refractivity contribution in [2.75, 3.05) is 39.4 Å². The molecule has 0 amide bonds. The van der Waals surface area contributed by atoms with Crippen LogP contribution in [0, 0.1) is 0 Å². The molecule has 3 rings (SSSR count). The molecular weight excluding hydrogens is 238 g/mol. The van der Waals surface area contributed by atoms with Crippen LogP contribution in [0.1, 0.15) is 30.1 Å². The molecule has 0 bridgehead atoms. The molecule has 1 aromatic rings. The van der Waals surface area contributed by atoms with Crippen molar-refractivity contribution < 1.29 is 4.74 Å². The number of fused-ring (bicyclic) bond motifs is 1. The van der Waals surface area contributed by atoms with Crippen LogP contribution in [0.15, 0.2) is 18.3 Å². The highest BCUT2D eigenvalue weighted by Crippen LogP contribution is 2.28. The van der Waals surface area contributed by atoms with E-state index >= 15 is 0 Å². The predicted molar refractivity (Wildman–Crippen MR) is 75.2 cm³/mol. The molecule has 0 radical (unpaired) electrons. The van der Waals surface area contributed by atoms with Crippen LogP contribution >= 0.6 is 0 Å². The summed E-state index contributed by atoms with van der Waals surface area (Å²) in [5, 5.41) is 3.66. The van der Waals surface area contributed by atoms with E-state index in [0.29, 0.717) is 6.04 Å². The van der Waals surface area contributed by atoms with Gasteiger partial charge in [0.1, 0.15) is 0 Å². The second-order valence-corrected chi connectivity index (χ2v) is 5.40. The van der Waals surface area contributed by atoms with Gasteiger partial charge in [-0.25, -0.2) is 0 Å². The molecule has 0 spiro atoms. The molecule has 1 aliphatic carbocycles. The van der Waals surface area contributed by atoms with Crippen molar-refractivity contribution in [3.8, 4) is 0 Å². The van der Waals surface area contributed by atoms with Gasteiger partial charge in [-0.2, -0.15) is 0 Å². The summed E-state index contributed by atoms with van der Waals surface area (Å²) in [7, 11) is 0. The van der Waals surface area contributed by atoms with Gasteiger partial charge in [0.05, 0.1) is 24.9 Å². The van der Waals surface area contributed by atoms with E-state index in [-0.39, 0.29) is 0 Å². The standard InChI is InChI=1S/C15H23N3O/c1-3-13-4-5-14(15(13)17-6-1)16-7-2-8-18-9-11-19-12-10-18/h1,3,6,14,16H,2,4-5,7-12H2. The molecule has 4 heteroatoms. The molecule has 104 valence electrons. The molecule has 1 fully saturated rings. The molecular formula is C15H23N3O. The first-order valence-corrected chi connectivity index (χ1v) is 7.41. The monoisotopic (exact) mass is 261 g/mol. The van der Waals surface area contributed by atoms with Gasteiger partial charge in [-0.1, -0.05) is 6.07 Å². The lowest BCUT2D eigenvalue weighted by Crippen LogP contribution is -2.37. The predicted octanol–water partition coefficient (Wildman–Crippen LogP) is 1.38. The summed E-state index contributed by atoms with van der Waals surface area (Å²) in [6.45, 7) is 6.23. The van der Waals surface area contributed by atoms with Crippen LogP contribution in [0.3, 0.4) is 0 Å². The van der Waals surface area contributed by atoms with Gasteiger partial charge >= 0.3 is 0 Å². The second-order valence-electron chi connectivity index (χ2n) is 5.40. The first kappa shape index (κ1) is 13.0. The van der Waals surface area contributed by atoms with Gasteiger partial charge in [-0.3, -0.25) is 9.88 Å². The SMILES string of the molecule is c1cnc2c(c1)CCC2NCCCN1CCOCC1. The van der Waals surface area contributed by atoms with Gasteiger partial charge in [0.2, 0.25) is 0 Å². The van der Waals surface area contributed by atoms with E-state index in [1.54, 1.807) is 0 Å². The fourth-order valence-electron chi connectivity index (χ4n) is 3.02. The van der Waals surface area contributed by atoms with Crippen molar-refractivity contribution >= 4 is 0 Å². The van der Waals surface area contributed by atoms with E-state index < -0.39 is 0 Å². The van der Waals surface area contributed by atoms with Crippen molar-refractivity contribution in [1.29, 1.82) is 0 Å². The van der Waals surface area contributed by atoms with E-state index in [4.69, 9.17) is 4.74 Å². The molecule has 0 aromatic carbocycles. The fourth-order valence-corrected chi connectivity index (χ4v) is 3.02. The third kappa shape index (κ3) is 3.32. The Morgan fingerprint density at radius 2 is 2.26 bits per heavy atom. The van der Waals surface area contributed by atoms with Crippen molar-refractivity contribution in [2.45, 2.75) is 25.3 Å². The molecule has 1 aliphatic heterocycles. The number of morpholine rings is 1. The number of pyridine rings is 1. The Balaban J connectivity index is 1.39. The van der Waals surface area contributed by atoms with Crippen LogP contribution in [0.2, 0.25) is 0 Å². The highest BCUT2D eigenvalue weighted by molar-refractivity contribution is 5.27. The Bertz CT molecular complexity index is 404. The summed E-state index contributed by atoms with van der Waals surface area (Å²) in [6, 6.07) is 4.72. The molecule has 1 saturated heterocycles. The lowest BCUT2D eigenvalue weighted by Gasteiger charge is -2.26. The molecule has 2 aliphatic rings. The minimum Gasteiger partial charge on any atom is -0.379 e. The Labute approximate surface area is 115 Å². The Hall–Kier alpha value is -0.970. The lowest BCUT2D eigenvalue weighted by atomic mass is 10.2. The second kappa shape index (κ2) is 6.46. The zero-order valence-corrected chi connectivity index (χ0v) is 11.5. The van der Waals surface area contributed by atoms with E-state index in [1.807, 2.05) is 12.3 Å². The zero-order valence-electron chi connectivity index (χ0n) is 11.5. The molecule has 0 saturated carbocycles. The van der Waals surface area contributed by atoms with Gasteiger partial charge in [-0.15, -0.1) is 0 Å². The molecule has 4 nitrogen and oxygen atoms in total. The third-order valence-corrected chi connectivity index (χ3v) is 4.10.